The number of amides is 2. The van der Waals surface area contributed by atoms with E-state index in [2.05, 4.69) is 10.6 Å². The van der Waals surface area contributed by atoms with Gasteiger partial charge in [-0.3, -0.25) is 9.59 Å². The minimum absolute atomic E-state index is 0.527. The standard InChI is InChI=1S/C18H20N2O6/c1-9-10(2)18(20-14(22)6-8-16(25)26)12(4)11(3)17(9)19-13(21)5-7-15(23)24/h5-8H,1-4H3,(H,19,21)(H,20,22)(H,23,24)(H,25,26)/b7-5-,8-6+. The third-order valence-electron chi connectivity index (χ3n) is 3.88. The molecule has 0 radical (unpaired) electrons. The zero-order valence-electron chi connectivity index (χ0n) is 14.8. The topological polar surface area (TPSA) is 133 Å². The summed E-state index contributed by atoms with van der Waals surface area (Å²) >= 11 is 0. The Morgan fingerprint density at radius 2 is 0.885 bits per heavy atom. The molecule has 8 heteroatoms. The zero-order valence-corrected chi connectivity index (χ0v) is 14.8. The number of carboxylic acids is 2. The van der Waals surface area contributed by atoms with Gasteiger partial charge >= 0.3 is 11.9 Å². The van der Waals surface area contributed by atoms with Crippen LogP contribution in [0.4, 0.5) is 11.4 Å². The molecule has 0 heterocycles. The SMILES string of the molecule is Cc1c(C)c(NC(=O)/C=C/C(=O)O)c(C)c(C)c1NC(=O)/C=C\C(=O)O. The quantitative estimate of drug-likeness (QED) is 0.574. The molecule has 0 fully saturated rings. The maximum Gasteiger partial charge on any atom is 0.328 e. The van der Waals surface area contributed by atoms with E-state index in [-0.39, 0.29) is 0 Å². The molecule has 2 amide bonds. The summed E-state index contributed by atoms with van der Waals surface area (Å²) in [5, 5.41) is 22.4. The van der Waals surface area contributed by atoms with Crippen LogP contribution in [0.25, 0.3) is 0 Å². The van der Waals surface area contributed by atoms with Crippen molar-refractivity contribution in [1.82, 2.24) is 0 Å². The number of benzene rings is 1. The van der Waals surface area contributed by atoms with Gasteiger partial charge in [0, 0.05) is 35.7 Å². The minimum Gasteiger partial charge on any atom is -0.478 e. The molecule has 0 saturated carbocycles. The van der Waals surface area contributed by atoms with E-state index in [0.717, 1.165) is 24.3 Å². The van der Waals surface area contributed by atoms with Gasteiger partial charge in [-0.2, -0.15) is 0 Å². The Kier molecular flexibility index (Phi) is 6.83. The molecule has 0 aliphatic rings. The maximum atomic E-state index is 11.9. The average molecular weight is 360 g/mol. The molecule has 26 heavy (non-hydrogen) atoms. The van der Waals surface area contributed by atoms with Crippen LogP contribution in [-0.2, 0) is 19.2 Å². The van der Waals surface area contributed by atoms with Gasteiger partial charge in [-0.15, -0.1) is 0 Å². The first-order chi connectivity index (χ1) is 12.0. The monoisotopic (exact) mass is 360 g/mol. The second-order valence-electron chi connectivity index (χ2n) is 5.57. The minimum atomic E-state index is -1.23. The molecule has 8 nitrogen and oxygen atoms in total. The number of hydrogen-bond acceptors (Lipinski definition) is 4. The lowest BCUT2D eigenvalue weighted by Gasteiger charge is -2.20. The number of carbonyl (C=O) groups is 4. The first-order valence-corrected chi connectivity index (χ1v) is 7.59. The van der Waals surface area contributed by atoms with Crippen LogP contribution in [0.3, 0.4) is 0 Å². The number of anilines is 2. The maximum absolute atomic E-state index is 11.9. The summed E-state index contributed by atoms with van der Waals surface area (Å²) in [4.78, 5) is 44.7. The molecule has 1 rings (SSSR count). The molecule has 4 N–H and O–H groups in total. The number of carboxylic acid groups (broad SMARTS) is 2. The van der Waals surface area contributed by atoms with Gasteiger partial charge in [-0.25, -0.2) is 9.59 Å². The van der Waals surface area contributed by atoms with Crippen LogP contribution >= 0.6 is 0 Å². The van der Waals surface area contributed by atoms with E-state index in [1.807, 2.05) is 0 Å². The summed E-state index contributed by atoms with van der Waals surface area (Å²) in [5.74, 6) is -3.63. The van der Waals surface area contributed by atoms with E-state index < -0.39 is 23.8 Å². The highest BCUT2D eigenvalue weighted by Gasteiger charge is 2.17. The lowest BCUT2D eigenvalue weighted by molar-refractivity contribution is -0.132. The van der Waals surface area contributed by atoms with E-state index in [4.69, 9.17) is 10.2 Å². The third kappa shape index (κ3) is 5.30. The van der Waals surface area contributed by atoms with E-state index in [9.17, 15) is 19.2 Å². The molecule has 0 aromatic heterocycles. The summed E-state index contributed by atoms with van der Waals surface area (Å²) in [6.45, 7) is 7.00. The second kappa shape index (κ2) is 8.61. The van der Waals surface area contributed by atoms with Crippen molar-refractivity contribution in [3.8, 4) is 0 Å². The number of rotatable bonds is 6. The van der Waals surface area contributed by atoms with Gasteiger partial charge in [0.05, 0.1) is 0 Å². The average Bonchev–Trinajstić information content (AvgIpc) is 2.57. The molecular formula is C18H20N2O6. The van der Waals surface area contributed by atoms with Gasteiger partial charge in [0.2, 0.25) is 11.8 Å². The van der Waals surface area contributed by atoms with Gasteiger partial charge in [-0.05, 0) is 49.9 Å². The fourth-order valence-corrected chi connectivity index (χ4v) is 2.31. The number of aliphatic carboxylic acids is 2. The first-order valence-electron chi connectivity index (χ1n) is 7.59. The van der Waals surface area contributed by atoms with Gasteiger partial charge in [0.1, 0.15) is 0 Å². The van der Waals surface area contributed by atoms with E-state index in [1.54, 1.807) is 27.7 Å². The lowest BCUT2D eigenvalue weighted by Crippen LogP contribution is -2.16. The van der Waals surface area contributed by atoms with Crippen LogP contribution in [-0.4, -0.2) is 34.0 Å². The fourth-order valence-electron chi connectivity index (χ4n) is 2.31. The first kappa shape index (κ1) is 20.6. The van der Waals surface area contributed by atoms with Crippen molar-refractivity contribution < 1.29 is 29.4 Å². The molecule has 1 aromatic rings. The second-order valence-corrected chi connectivity index (χ2v) is 5.57. The van der Waals surface area contributed by atoms with E-state index in [1.165, 1.54) is 0 Å². The highest BCUT2D eigenvalue weighted by molar-refractivity contribution is 6.05. The smallest absolute Gasteiger partial charge is 0.328 e. The van der Waals surface area contributed by atoms with Gasteiger partial charge in [-0.1, -0.05) is 0 Å². The van der Waals surface area contributed by atoms with Crippen molar-refractivity contribution in [2.45, 2.75) is 27.7 Å². The molecule has 0 bridgehead atoms. The van der Waals surface area contributed by atoms with Crippen LogP contribution in [0.1, 0.15) is 22.3 Å². The van der Waals surface area contributed by atoms with Crippen molar-refractivity contribution >= 4 is 35.1 Å². The van der Waals surface area contributed by atoms with Crippen molar-refractivity contribution in [2.75, 3.05) is 10.6 Å². The Labute approximate surface area is 150 Å². The summed E-state index contributed by atoms with van der Waals surface area (Å²) in [5.41, 5.74) is 3.84. The summed E-state index contributed by atoms with van der Waals surface area (Å²) in [6, 6.07) is 0. The Bertz CT molecular complexity index is 739. The van der Waals surface area contributed by atoms with Crippen molar-refractivity contribution in [2.24, 2.45) is 0 Å². The predicted molar refractivity (Wildman–Crippen MR) is 96.2 cm³/mol. The summed E-state index contributed by atoms with van der Waals surface area (Å²) in [7, 11) is 0. The van der Waals surface area contributed by atoms with Gasteiger partial charge in [0.25, 0.3) is 0 Å². The Morgan fingerprint density at radius 1 is 0.615 bits per heavy atom. The van der Waals surface area contributed by atoms with E-state index >= 15 is 0 Å². The van der Waals surface area contributed by atoms with Crippen LogP contribution in [0.2, 0.25) is 0 Å². The zero-order chi connectivity index (χ0) is 20.0. The number of nitrogens with one attached hydrogen (secondary N) is 2. The molecule has 1 aromatic carbocycles. The molecule has 0 saturated heterocycles. The van der Waals surface area contributed by atoms with E-state index in [0.29, 0.717) is 33.6 Å². The Morgan fingerprint density at radius 3 is 1.12 bits per heavy atom. The molecule has 0 atom stereocenters. The molecule has 0 aliphatic carbocycles. The highest BCUT2D eigenvalue weighted by Crippen LogP contribution is 2.34. The normalized spacial score (nSPS) is 10.9. The van der Waals surface area contributed by atoms with Crippen molar-refractivity contribution in [3.63, 3.8) is 0 Å². The van der Waals surface area contributed by atoms with Crippen LogP contribution in [0.15, 0.2) is 24.3 Å². The van der Waals surface area contributed by atoms with Crippen LogP contribution in [0.5, 0.6) is 0 Å². The Hall–Kier alpha value is -3.42. The summed E-state index contributed by atoms with van der Waals surface area (Å²) < 4.78 is 0. The highest BCUT2D eigenvalue weighted by atomic mass is 16.4. The number of carbonyl (C=O) groups excluding carboxylic acids is 2. The molecule has 138 valence electrons. The Balaban J connectivity index is 3.20. The van der Waals surface area contributed by atoms with Crippen molar-refractivity contribution in [3.05, 3.63) is 46.6 Å². The third-order valence-corrected chi connectivity index (χ3v) is 3.88. The van der Waals surface area contributed by atoms with Crippen LogP contribution in [0, 0.1) is 27.7 Å². The van der Waals surface area contributed by atoms with Crippen molar-refractivity contribution in [1.29, 1.82) is 0 Å². The van der Waals surface area contributed by atoms with Gasteiger partial charge in [0.15, 0.2) is 0 Å². The molecular weight excluding hydrogens is 340 g/mol. The lowest BCUT2D eigenvalue weighted by atomic mass is 9.95. The summed E-state index contributed by atoms with van der Waals surface area (Å²) in [6.07, 6.45) is 3.31. The molecule has 0 spiro atoms. The molecule has 0 aliphatic heterocycles. The predicted octanol–water partition coefficient (Wildman–Crippen LogP) is 2.08. The fraction of sp³-hybridized carbons (Fsp3) is 0.222. The van der Waals surface area contributed by atoms with Crippen LogP contribution < -0.4 is 10.6 Å². The molecule has 0 unspecified atom stereocenters. The van der Waals surface area contributed by atoms with Gasteiger partial charge < -0.3 is 20.8 Å². The largest absolute Gasteiger partial charge is 0.478 e. The number of hydrogen-bond donors (Lipinski definition) is 4.